The van der Waals surface area contributed by atoms with Crippen LogP contribution >= 0.6 is 11.6 Å². The number of benzene rings is 2. The summed E-state index contributed by atoms with van der Waals surface area (Å²) in [6.45, 7) is 3.68. The second kappa shape index (κ2) is 8.13. The Kier molecular flexibility index (Phi) is 5.54. The van der Waals surface area contributed by atoms with Crippen LogP contribution in [-0.2, 0) is 4.79 Å². The largest absolute Gasteiger partial charge is 0.394 e. The van der Waals surface area contributed by atoms with Gasteiger partial charge in [0.25, 0.3) is 5.91 Å². The van der Waals surface area contributed by atoms with Crippen molar-refractivity contribution < 1.29 is 14.7 Å². The summed E-state index contributed by atoms with van der Waals surface area (Å²) in [5.74, 6) is -0.178. The van der Waals surface area contributed by atoms with Gasteiger partial charge in [-0.05, 0) is 68.3 Å². The van der Waals surface area contributed by atoms with Gasteiger partial charge in [-0.3, -0.25) is 9.59 Å². The van der Waals surface area contributed by atoms with Crippen LogP contribution in [-0.4, -0.2) is 34.6 Å². The summed E-state index contributed by atoms with van der Waals surface area (Å²) >= 11 is 6.04. The van der Waals surface area contributed by atoms with Crippen molar-refractivity contribution in [3.05, 3.63) is 64.3 Å². The van der Waals surface area contributed by atoms with E-state index in [1.165, 1.54) is 0 Å². The fraction of sp³-hybridized carbons (Fsp3) is 0.304. The molecule has 0 bridgehead atoms. The molecule has 1 fully saturated rings. The predicted octanol–water partition coefficient (Wildman–Crippen LogP) is 4.11. The molecule has 156 valence electrons. The molecule has 2 unspecified atom stereocenters. The molecule has 30 heavy (non-hydrogen) atoms. The maximum atomic E-state index is 12.8. The van der Waals surface area contributed by atoms with Crippen molar-refractivity contribution in [1.29, 1.82) is 0 Å². The maximum Gasteiger partial charge on any atom is 0.251 e. The standard InChI is InChI=1S/C23H24ClN3O3/c1-13-9-15(4-7-21(13)27-14(2)3-8-22(27)29)23(30)26-20(12-28)19-11-16-10-17(24)5-6-18(16)25-19/h4-7,9-11,14,20,25,28H,3,8,12H2,1-2H3,(H,26,30). The number of nitrogens with one attached hydrogen (secondary N) is 2. The van der Waals surface area contributed by atoms with Gasteiger partial charge in [0.05, 0.1) is 12.6 Å². The summed E-state index contributed by atoms with van der Waals surface area (Å²) in [4.78, 5) is 30.1. The number of hydrogen-bond acceptors (Lipinski definition) is 3. The lowest BCUT2D eigenvalue weighted by atomic mass is 10.1. The van der Waals surface area contributed by atoms with Gasteiger partial charge >= 0.3 is 0 Å². The Labute approximate surface area is 179 Å². The van der Waals surface area contributed by atoms with E-state index in [0.717, 1.165) is 28.6 Å². The fourth-order valence-corrected chi connectivity index (χ4v) is 4.22. The number of hydrogen-bond donors (Lipinski definition) is 3. The van der Waals surface area contributed by atoms with Crippen LogP contribution in [0.3, 0.4) is 0 Å². The van der Waals surface area contributed by atoms with Gasteiger partial charge in [-0.15, -0.1) is 0 Å². The molecule has 3 aromatic rings. The van der Waals surface area contributed by atoms with Crippen molar-refractivity contribution in [3.8, 4) is 0 Å². The number of aliphatic hydroxyl groups excluding tert-OH is 1. The Balaban J connectivity index is 1.54. The molecule has 1 saturated heterocycles. The molecule has 3 N–H and O–H groups in total. The molecule has 0 radical (unpaired) electrons. The van der Waals surface area contributed by atoms with Crippen molar-refractivity contribution in [1.82, 2.24) is 10.3 Å². The number of H-pyrrole nitrogens is 1. The highest BCUT2D eigenvalue weighted by Crippen LogP contribution is 2.30. The second-order valence-corrected chi connectivity index (χ2v) is 8.25. The van der Waals surface area contributed by atoms with Crippen LogP contribution < -0.4 is 10.2 Å². The highest BCUT2D eigenvalue weighted by molar-refractivity contribution is 6.31. The summed E-state index contributed by atoms with van der Waals surface area (Å²) in [7, 11) is 0. The number of amides is 2. The van der Waals surface area contributed by atoms with Crippen LogP contribution in [0.2, 0.25) is 5.02 Å². The molecule has 6 nitrogen and oxygen atoms in total. The number of fused-ring (bicyclic) bond motifs is 1. The van der Waals surface area contributed by atoms with E-state index in [1.807, 2.05) is 43.0 Å². The van der Waals surface area contributed by atoms with Gasteiger partial charge in [0.15, 0.2) is 0 Å². The molecule has 1 aliphatic heterocycles. The van der Waals surface area contributed by atoms with Crippen LogP contribution in [0.5, 0.6) is 0 Å². The molecular formula is C23H24ClN3O3. The zero-order valence-corrected chi connectivity index (χ0v) is 17.7. The number of aromatic amines is 1. The SMILES string of the molecule is Cc1cc(C(=O)NC(CO)c2cc3cc(Cl)ccc3[nH]2)ccc1N1C(=O)CCC1C. The van der Waals surface area contributed by atoms with Crippen molar-refractivity contribution in [2.75, 3.05) is 11.5 Å². The fourth-order valence-electron chi connectivity index (χ4n) is 4.04. The highest BCUT2D eigenvalue weighted by atomic mass is 35.5. The lowest BCUT2D eigenvalue weighted by Crippen LogP contribution is -2.32. The van der Waals surface area contributed by atoms with Crippen molar-refractivity contribution >= 4 is 40.0 Å². The van der Waals surface area contributed by atoms with Crippen LogP contribution in [0.1, 0.15) is 47.4 Å². The molecule has 2 heterocycles. The highest BCUT2D eigenvalue weighted by Gasteiger charge is 2.30. The van der Waals surface area contributed by atoms with Crippen LogP contribution in [0.25, 0.3) is 10.9 Å². The molecule has 1 aromatic heterocycles. The van der Waals surface area contributed by atoms with Gasteiger partial charge < -0.3 is 20.3 Å². The van der Waals surface area contributed by atoms with E-state index in [4.69, 9.17) is 11.6 Å². The van der Waals surface area contributed by atoms with Gasteiger partial charge in [-0.2, -0.15) is 0 Å². The molecule has 7 heteroatoms. The van der Waals surface area contributed by atoms with Gasteiger partial charge in [0.1, 0.15) is 0 Å². The molecule has 2 amide bonds. The number of rotatable bonds is 5. The van der Waals surface area contributed by atoms with E-state index in [1.54, 1.807) is 18.2 Å². The van der Waals surface area contributed by atoms with Crippen molar-refractivity contribution in [3.63, 3.8) is 0 Å². The Bertz CT molecular complexity index is 1120. The average molecular weight is 426 g/mol. The summed E-state index contributed by atoms with van der Waals surface area (Å²) in [6.07, 6.45) is 1.39. The Morgan fingerprint density at radius 2 is 2.10 bits per heavy atom. The zero-order valence-electron chi connectivity index (χ0n) is 16.9. The normalized spacial score (nSPS) is 17.5. The lowest BCUT2D eigenvalue weighted by Gasteiger charge is -2.24. The van der Waals surface area contributed by atoms with Gasteiger partial charge in [0.2, 0.25) is 5.91 Å². The first-order valence-corrected chi connectivity index (χ1v) is 10.4. The first-order valence-electron chi connectivity index (χ1n) is 10.00. The maximum absolute atomic E-state index is 12.8. The van der Waals surface area contributed by atoms with Crippen LogP contribution in [0.15, 0.2) is 42.5 Å². The topological polar surface area (TPSA) is 85.4 Å². The van der Waals surface area contributed by atoms with Crippen LogP contribution in [0, 0.1) is 6.92 Å². The molecule has 0 saturated carbocycles. The molecule has 2 atom stereocenters. The zero-order chi connectivity index (χ0) is 21.4. The van der Waals surface area contributed by atoms with E-state index < -0.39 is 6.04 Å². The minimum Gasteiger partial charge on any atom is -0.394 e. The van der Waals surface area contributed by atoms with Crippen LogP contribution in [0.4, 0.5) is 5.69 Å². The third-order valence-corrected chi connectivity index (χ3v) is 5.91. The lowest BCUT2D eigenvalue weighted by molar-refractivity contribution is -0.117. The smallest absolute Gasteiger partial charge is 0.251 e. The number of anilines is 1. The molecule has 0 aliphatic carbocycles. The average Bonchev–Trinajstić information content (AvgIpc) is 3.28. The van der Waals surface area contributed by atoms with Crippen molar-refractivity contribution in [2.45, 2.75) is 38.8 Å². The number of carbonyl (C=O) groups excluding carboxylic acids is 2. The monoisotopic (exact) mass is 425 g/mol. The summed E-state index contributed by atoms with van der Waals surface area (Å²) < 4.78 is 0. The number of halogens is 1. The predicted molar refractivity (Wildman–Crippen MR) is 118 cm³/mol. The number of carbonyl (C=O) groups is 2. The van der Waals surface area contributed by atoms with E-state index in [-0.39, 0.29) is 24.5 Å². The second-order valence-electron chi connectivity index (χ2n) is 7.82. The van der Waals surface area contributed by atoms with E-state index in [0.29, 0.717) is 22.7 Å². The van der Waals surface area contributed by atoms with Gasteiger partial charge in [0, 0.05) is 45.3 Å². The third-order valence-electron chi connectivity index (χ3n) is 5.67. The molecule has 1 aliphatic rings. The van der Waals surface area contributed by atoms with E-state index in [2.05, 4.69) is 10.3 Å². The molecule has 2 aromatic carbocycles. The summed E-state index contributed by atoms with van der Waals surface area (Å²) in [5.41, 5.74) is 3.77. The summed E-state index contributed by atoms with van der Waals surface area (Å²) in [5, 5.41) is 14.3. The summed E-state index contributed by atoms with van der Waals surface area (Å²) in [6, 6.07) is 12.2. The number of nitrogens with zero attached hydrogens (tertiary/aromatic N) is 1. The van der Waals surface area contributed by atoms with Crippen molar-refractivity contribution in [2.24, 2.45) is 0 Å². The molecule has 4 rings (SSSR count). The first kappa shape index (κ1) is 20.4. The van der Waals surface area contributed by atoms with E-state index >= 15 is 0 Å². The minimum atomic E-state index is -0.580. The molecular weight excluding hydrogens is 402 g/mol. The van der Waals surface area contributed by atoms with Gasteiger partial charge in [-0.25, -0.2) is 0 Å². The minimum absolute atomic E-state index is 0.113. The van der Waals surface area contributed by atoms with Gasteiger partial charge in [-0.1, -0.05) is 11.6 Å². The number of aliphatic hydroxyl groups is 1. The molecule has 0 spiro atoms. The Morgan fingerprint density at radius 3 is 2.77 bits per heavy atom. The van der Waals surface area contributed by atoms with E-state index in [9.17, 15) is 14.7 Å². The first-order chi connectivity index (χ1) is 14.4. The number of aromatic nitrogens is 1. The third kappa shape index (κ3) is 3.80. The number of aryl methyl sites for hydroxylation is 1. The Hall–Kier alpha value is -2.83. The Morgan fingerprint density at radius 1 is 1.30 bits per heavy atom. The quantitative estimate of drug-likeness (QED) is 0.575.